The maximum Gasteiger partial charge on any atom is 0.280 e. The van der Waals surface area contributed by atoms with Crippen LogP contribution < -0.4 is 16.1 Å². The molecule has 2 aromatic carbocycles. The fourth-order valence-electron chi connectivity index (χ4n) is 2.56. The monoisotopic (exact) mass is 380 g/mol. The van der Waals surface area contributed by atoms with Crippen molar-refractivity contribution in [2.45, 2.75) is 13.8 Å². The van der Waals surface area contributed by atoms with Crippen LogP contribution in [0.25, 0.3) is 5.69 Å². The molecule has 0 saturated heterocycles. The number of rotatable bonds is 4. The van der Waals surface area contributed by atoms with Crippen LogP contribution in [0.4, 0.5) is 15.8 Å². The van der Waals surface area contributed by atoms with E-state index in [4.69, 9.17) is 0 Å². The summed E-state index contributed by atoms with van der Waals surface area (Å²) >= 11 is 0. The summed E-state index contributed by atoms with van der Waals surface area (Å²) in [5.41, 5.74) is 1.50. The summed E-state index contributed by atoms with van der Waals surface area (Å²) in [5.74, 6) is -1.27. The van der Waals surface area contributed by atoms with Gasteiger partial charge in [-0.25, -0.2) is 9.07 Å². The van der Waals surface area contributed by atoms with Crippen LogP contribution >= 0.6 is 0 Å². The molecule has 0 saturated carbocycles. The van der Waals surface area contributed by atoms with Crippen molar-refractivity contribution in [1.82, 2.24) is 9.78 Å². The molecule has 8 heteroatoms. The van der Waals surface area contributed by atoms with Crippen molar-refractivity contribution in [3.8, 4) is 5.69 Å². The van der Waals surface area contributed by atoms with Crippen molar-refractivity contribution in [2.75, 3.05) is 10.6 Å². The van der Waals surface area contributed by atoms with Crippen molar-refractivity contribution >= 4 is 23.2 Å². The van der Waals surface area contributed by atoms with Gasteiger partial charge in [-0.3, -0.25) is 14.4 Å². The molecule has 7 nitrogen and oxygen atoms in total. The first-order chi connectivity index (χ1) is 13.3. The molecule has 142 valence electrons. The van der Waals surface area contributed by atoms with Gasteiger partial charge in [0.15, 0.2) is 5.69 Å². The number of carbonyl (C=O) groups excluding carboxylic acids is 2. The lowest BCUT2D eigenvalue weighted by Gasteiger charge is -2.11. The van der Waals surface area contributed by atoms with Gasteiger partial charge in [-0.05, 0) is 55.0 Å². The van der Waals surface area contributed by atoms with Gasteiger partial charge in [0, 0.05) is 30.6 Å². The number of hydrogen-bond donors (Lipinski definition) is 2. The predicted octanol–water partition coefficient (Wildman–Crippen LogP) is 2.89. The number of anilines is 2. The molecule has 0 fully saturated rings. The van der Waals surface area contributed by atoms with Gasteiger partial charge in [0.25, 0.3) is 5.91 Å². The molecule has 0 spiro atoms. The van der Waals surface area contributed by atoms with Crippen LogP contribution in [0.2, 0.25) is 0 Å². The Hall–Kier alpha value is -3.81. The number of nitrogens with one attached hydrogen (secondary N) is 2. The Morgan fingerprint density at radius 2 is 1.75 bits per heavy atom. The second-order valence-electron chi connectivity index (χ2n) is 6.11. The van der Waals surface area contributed by atoms with Crippen molar-refractivity contribution in [3.63, 3.8) is 0 Å². The number of benzene rings is 2. The highest BCUT2D eigenvalue weighted by atomic mass is 19.1. The fourth-order valence-corrected chi connectivity index (χ4v) is 2.56. The van der Waals surface area contributed by atoms with Crippen LogP contribution in [-0.4, -0.2) is 21.6 Å². The molecular weight excluding hydrogens is 363 g/mol. The van der Waals surface area contributed by atoms with E-state index in [0.717, 1.165) is 5.56 Å². The Balaban J connectivity index is 1.85. The molecule has 0 radical (unpaired) electrons. The van der Waals surface area contributed by atoms with E-state index in [2.05, 4.69) is 15.7 Å². The van der Waals surface area contributed by atoms with Crippen LogP contribution in [0.3, 0.4) is 0 Å². The number of carbonyl (C=O) groups is 2. The Morgan fingerprint density at radius 3 is 2.39 bits per heavy atom. The molecular formula is C20H17FN4O3. The number of aryl methyl sites for hydroxylation is 1. The molecule has 2 amide bonds. The molecule has 1 aromatic heterocycles. The lowest BCUT2D eigenvalue weighted by molar-refractivity contribution is -0.114. The van der Waals surface area contributed by atoms with E-state index in [0.29, 0.717) is 17.1 Å². The molecule has 0 unspecified atom stereocenters. The molecule has 3 rings (SSSR count). The normalized spacial score (nSPS) is 10.4. The van der Waals surface area contributed by atoms with Crippen LogP contribution in [-0.2, 0) is 4.79 Å². The standard InChI is InChI=1S/C20H17FN4O3/c1-12-11-15(5-8-17(12)22-13(2)26)23-20(28)19-18(27)9-10-25(24-19)16-6-3-14(21)4-7-16/h3-11H,1-2H3,(H,22,26)(H,23,28). The molecule has 0 atom stereocenters. The van der Waals surface area contributed by atoms with E-state index in [9.17, 15) is 18.8 Å². The molecule has 0 bridgehead atoms. The Bertz CT molecular complexity index is 1110. The molecule has 2 N–H and O–H groups in total. The fraction of sp³-hybridized carbons (Fsp3) is 0.100. The minimum absolute atomic E-state index is 0.199. The smallest absolute Gasteiger partial charge is 0.280 e. The second-order valence-corrected chi connectivity index (χ2v) is 6.11. The molecule has 28 heavy (non-hydrogen) atoms. The maximum atomic E-state index is 13.1. The number of hydrogen-bond acceptors (Lipinski definition) is 4. The number of halogens is 1. The lowest BCUT2D eigenvalue weighted by atomic mass is 10.1. The molecule has 1 heterocycles. The van der Waals surface area contributed by atoms with Crippen molar-refractivity contribution in [1.29, 1.82) is 0 Å². The van der Waals surface area contributed by atoms with E-state index in [1.807, 2.05) is 0 Å². The van der Waals surface area contributed by atoms with Crippen molar-refractivity contribution in [3.05, 3.63) is 82.0 Å². The van der Waals surface area contributed by atoms with Gasteiger partial charge in [-0.15, -0.1) is 0 Å². The van der Waals surface area contributed by atoms with Crippen molar-refractivity contribution < 1.29 is 14.0 Å². The number of aromatic nitrogens is 2. The van der Waals surface area contributed by atoms with Gasteiger partial charge in [0.2, 0.25) is 11.3 Å². The zero-order valence-corrected chi connectivity index (χ0v) is 15.2. The first-order valence-electron chi connectivity index (χ1n) is 8.39. The SMILES string of the molecule is CC(=O)Nc1ccc(NC(=O)c2nn(-c3ccc(F)cc3)ccc2=O)cc1C. The van der Waals surface area contributed by atoms with Gasteiger partial charge in [0.1, 0.15) is 5.82 Å². The molecule has 0 aliphatic heterocycles. The van der Waals surface area contributed by atoms with E-state index in [-0.39, 0.29) is 11.6 Å². The minimum Gasteiger partial charge on any atom is -0.326 e. The summed E-state index contributed by atoms with van der Waals surface area (Å²) in [7, 11) is 0. The summed E-state index contributed by atoms with van der Waals surface area (Å²) in [6, 6.07) is 11.6. The Morgan fingerprint density at radius 1 is 1.04 bits per heavy atom. The average Bonchev–Trinajstić information content (AvgIpc) is 2.65. The predicted molar refractivity (Wildman–Crippen MR) is 103 cm³/mol. The van der Waals surface area contributed by atoms with E-state index < -0.39 is 17.2 Å². The third-order valence-electron chi connectivity index (χ3n) is 3.91. The summed E-state index contributed by atoms with van der Waals surface area (Å²) < 4.78 is 14.4. The number of nitrogens with zero attached hydrogens (tertiary/aromatic N) is 2. The number of amides is 2. The van der Waals surface area contributed by atoms with Crippen LogP contribution in [0.5, 0.6) is 0 Å². The van der Waals surface area contributed by atoms with E-state index in [1.54, 1.807) is 25.1 Å². The third kappa shape index (κ3) is 4.29. The minimum atomic E-state index is -0.673. The first-order valence-corrected chi connectivity index (χ1v) is 8.39. The third-order valence-corrected chi connectivity index (χ3v) is 3.91. The van der Waals surface area contributed by atoms with E-state index >= 15 is 0 Å². The van der Waals surface area contributed by atoms with Gasteiger partial charge >= 0.3 is 0 Å². The summed E-state index contributed by atoms with van der Waals surface area (Å²) in [6.45, 7) is 3.19. The van der Waals surface area contributed by atoms with Gasteiger partial charge < -0.3 is 10.6 Å². The largest absolute Gasteiger partial charge is 0.326 e. The van der Waals surface area contributed by atoms with Crippen LogP contribution in [0.15, 0.2) is 59.5 Å². The average molecular weight is 380 g/mol. The van der Waals surface area contributed by atoms with E-state index in [1.165, 1.54) is 48.1 Å². The second kappa shape index (κ2) is 7.83. The van der Waals surface area contributed by atoms with Gasteiger partial charge in [0.05, 0.1) is 5.69 Å². The zero-order valence-electron chi connectivity index (χ0n) is 15.2. The highest BCUT2D eigenvalue weighted by molar-refractivity contribution is 6.03. The van der Waals surface area contributed by atoms with Gasteiger partial charge in [-0.2, -0.15) is 5.10 Å². The summed E-state index contributed by atoms with van der Waals surface area (Å²) in [5, 5.41) is 9.36. The highest BCUT2D eigenvalue weighted by Crippen LogP contribution is 2.20. The quantitative estimate of drug-likeness (QED) is 0.728. The van der Waals surface area contributed by atoms with Gasteiger partial charge in [-0.1, -0.05) is 0 Å². The molecule has 0 aliphatic rings. The summed E-state index contributed by atoms with van der Waals surface area (Å²) in [4.78, 5) is 35.8. The first kappa shape index (κ1) is 19.0. The van der Waals surface area contributed by atoms with Crippen molar-refractivity contribution in [2.24, 2.45) is 0 Å². The lowest BCUT2D eigenvalue weighted by Crippen LogP contribution is -2.25. The molecule has 0 aliphatic carbocycles. The zero-order chi connectivity index (χ0) is 20.3. The molecule has 3 aromatic rings. The summed E-state index contributed by atoms with van der Waals surface area (Å²) in [6.07, 6.45) is 1.40. The highest BCUT2D eigenvalue weighted by Gasteiger charge is 2.14. The van der Waals surface area contributed by atoms with Crippen LogP contribution in [0.1, 0.15) is 23.0 Å². The van der Waals surface area contributed by atoms with Crippen LogP contribution in [0, 0.1) is 12.7 Å². The Labute approximate surface area is 159 Å². The topological polar surface area (TPSA) is 93.1 Å². The maximum absolute atomic E-state index is 13.1. The Kier molecular flexibility index (Phi) is 5.30.